The highest BCUT2D eigenvalue weighted by Crippen LogP contribution is 2.32. The Labute approximate surface area is 163 Å². The van der Waals surface area contributed by atoms with Gasteiger partial charge in [-0.15, -0.1) is 11.3 Å². The molecule has 0 amide bonds. The van der Waals surface area contributed by atoms with Crippen molar-refractivity contribution in [3.63, 3.8) is 0 Å². The molecule has 2 aromatic heterocycles. The lowest BCUT2D eigenvalue weighted by atomic mass is 10.0. The zero-order valence-corrected chi connectivity index (χ0v) is 16.6. The third-order valence-corrected chi connectivity index (χ3v) is 7.97. The fourth-order valence-electron chi connectivity index (χ4n) is 3.11. The van der Waals surface area contributed by atoms with E-state index in [1.807, 2.05) is 42.6 Å². The first-order valence-corrected chi connectivity index (χ1v) is 11.2. The molecule has 0 saturated carbocycles. The summed E-state index contributed by atoms with van der Waals surface area (Å²) in [5, 5.41) is 5.78. The van der Waals surface area contributed by atoms with E-state index in [1.54, 1.807) is 6.07 Å². The molecule has 1 aliphatic rings. The minimum Gasteiger partial charge on any atom is -0.356 e. The number of aryl methyl sites for hydroxylation is 1. The van der Waals surface area contributed by atoms with Gasteiger partial charge in [0.1, 0.15) is 4.21 Å². The lowest BCUT2D eigenvalue weighted by molar-refractivity contribution is 0.424. The second-order valence-corrected chi connectivity index (χ2v) is 9.47. The Bertz CT molecular complexity index is 1070. The summed E-state index contributed by atoms with van der Waals surface area (Å²) in [5.41, 5.74) is 3.96. The van der Waals surface area contributed by atoms with Crippen molar-refractivity contribution in [1.29, 1.82) is 0 Å². The van der Waals surface area contributed by atoms with Crippen LogP contribution >= 0.6 is 11.3 Å². The normalized spacial score (nSPS) is 15.7. The number of nitrogens with zero attached hydrogens (tertiary/aromatic N) is 2. The van der Waals surface area contributed by atoms with Gasteiger partial charge in [0.15, 0.2) is 5.76 Å². The average molecular weight is 401 g/mol. The topological polar surface area (TPSA) is 63.4 Å². The smallest absolute Gasteiger partial charge is 0.252 e. The number of sulfonamides is 1. The number of hydrogen-bond acceptors (Lipinski definition) is 5. The predicted molar refractivity (Wildman–Crippen MR) is 107 cm³/mol. The van der Waals surface area contributed by atoms with Crippen LogP contribution in [-0.2, 0) is 16.4 Å². The summed E-state index contributed by atoms with van der Waals surface area (Å²) in [7, 11) is -3.51. The molecule has 1 aliphatic heterocycles. The molecule has 0 saturated heterocycles. The summed E-state index contributed by atoms with van der Waals surface area (Å²) in [6.45, 7) is 2.87. The number of thiophene rings is 1. The molecule has 1 aromatic carbocycles. The fraction of sp³-hybridized carbons (Fsp3) is 0.250. The Morgan fingerprint density at radius 2 is 2.00 bits per heavy atom. The second-order valence-electron chi connectivity index (χ2n) is 6.40. The standard InChI is InChI=1S/C20H20N2O3S2/c1-2-18-13-19(25-21-18)17-12-20(26-14-17)27(23,24)22-10-8-16(9-11-22)15-6-4-3-5-7-15/h3-8,12-14H,2,9-11H2,1H3. The van der Waals surface area contributed by atoms with Crippen molar-refractivity contribution in [1.82, 2.24) is 9.46 Å². The number of rotatable bonds is 5. The van der Waals surface area contributed by atoms with Gasteiger partial charge in [-0.1, -0.05) is 48.5 Å². The van der Waals surface area contributed by atoms with Crippen LogP contribution in [0.25, 0.3) is 16.9 Å². The zero-order valence-electron chi connectivity index (χ0n) is 15.0. The first-order valence-electron chi connectivity index (χ1n) is 8.87. The van der Waals surface area contributed by atoms with E-state index in [-0.39, 0.29) is 0 Å². The van der Waals surface area contributed by atoms with Crippen molar-refractivity contribution < 1.29 is 12.9 Å². The molecule has 0 aliphatic carbocycles. The highest BCUT2D eigenvalue weighted by molar-refractivity contribution is 7.91. The van der Waals surface area contributed by atoms with E-state index in [0.717, 1.165) is 23.2 Å². The van der Waals surface area contributed by atoms with Gasteiger partial charge in [-0.3, -0.25) is 0 Å². The largest absolute Gasteiger partial charge is 0.356 e. The molecule has 0 bridgehead atoms. The molecule has 0 unspecified atom stereocenters. The van der Waals surface area contributed by atoms with E-state index < -0.39 is 10.0 Å². The molecule has 0 spiro atoms. The van der Waals surface area contributed by atoms with Crippen LogP contribution in [0.5, 0.6) is 0 Å². The molecule has 3 aromatic rings. The molecule has 3 heterocycles. The Morgan fingerprint density at radius 1 is 1.19 bits per heavy atom. The number of benzene rings is 1. The Balaban J connectivity index is 1.53. The van der Waals surface area contributed by atoms with E-state index in [1.165, 1.54) is 21.2 Å². The van der Waals surface area contributed by atoms with Crippen LogP contribution in [0.4, 0.5) is 0 Å². The quantitative estimate of drug-likeness (QED) is 0.635. The molecule has 5 nitrogen and oxygen atoms in total. The van der Waals surface area contributed by atoms with Crippen molar-refractivity contribution in [2.24, 2.45) is 0 Å². The summed E-state index contributed by atoms with van der Waals surface area (Å²) < 4.78 is 33.2. The summed E-state index contributed by atoms with van der Waals surface area (Å²) >= 11 is 1.22. The molecule has 4 rings (SSSR count). The molecule has 140 valence electrons. The van der Waals surface area contributed by atoms with Crippen molar-refractivity contribution >= 4 is 26.9 Å². The van der Waals surface area contributed by atoms with Crippen molar-refractivity contribution in [2.45, 2.75) is 24.0 Å². The van der Waals surface area contributed by atoms with Crippen LogP contribution in [0, 0.1) is 0 Å². The lowest BCUT2D eigenvalue weighted by Crippen LogP contribution is -2.34. The molecule has 0 N–H and O–H groups in total. The van der Waals surface area contributed by atoms with Gasteiger partial charge >= 0.3 is 0 Å². The molecule has 0 radical (unpaired) electrons. The van der Waals surface area contributed by atoms with Crippen molar-refractivity contribution in [2.75, 3.05) is 13.1 Å². The fourth-order valence-corrected chi connectivity index (χ4v) is 5.81. The number of aromatic nitrogens is 1. The van der Waals surface area contributed by atoms with Gasteiger partial charge in [-0.25, -0.2) is 8.42 Å². The maximum atomic E-state index is 13.0. The van der Waals surface area contributed by atoms with Gasteiger partial charge in [0.25, 0.3) is 10.0 Å². The van der Waals surface area contributed by atoms with E-state index in [0.29, 0.717) is 29.5 Å². The minimum absolute atomic E-state index is 0.337. The van der Waals surface area contributed by atoms with Crippen molar-refractivity contribution in [3.8, 4) is 11.3 Å². The van der Waals surface area contributed by atoms with E-state index in [4.69, 9.17) is 4.52 Å². The first kappa shape index (κ1) is 18.2. The number of hydrogen-bond donors (Lipinski definition) is 0. The molecule has 27 heavy (non-hydrogen) atoms. The van der Waals surface area contributed by atoms with Gasteiger partial charge in [0, 0.05) is 30.1 Å². The summed E-state index contributed by atoms with van der Waals surface area (Å²) in [5.74, 6) is 0.606. The lowest BCUT2D eigenvalue weighted by Gasteiger charge is -2.25. The highest BCUT2D eigenvalue weighted by Gasteiger charge is 2.28. The third kappa shape index (κ3) is 3.63. The van der Waals surface area contributed by atoms with Crippen LogP contribution in [0.2, 0.25) is 0 Å². The predicted octanol–water partition coefficient (Wildman–Crippen LogP) is 4.44. The van der Waals surface area contributed by atoms with Crippen LogP contribution in [-0.4, -0.2) is 31.0 Å². The van der Waals surface area contributed by atoms with E-state index >= 15 is 0 Å². The van der Waals surface area contributed by atoms with Crippen LogP contribution in [0.3, 0.4) is 0 Å². The van der Waals surface area contributed by atoms with Crippen LogP contribution in [0.1, 0.15) is 24.6 Å². The Kier molecular flexibility index (Phi) is 4.99. The van der Waals surface area contributed by atoms with Crippen LogP contribution in [0.15, 0.2) is 62.7 Å². The SMILES string of the molecule is CCc1cc(-c2csc(S(=O)(=O)N3CC=C(c4ccccc4)CC3)c2)on1. The molecule has 7 heteroatoms. The van der Waals surface area contributed by atoms with Gasteiger partial charge in [-0.2, -0.15) is 4.31 Å². The maximum Gasteiger partial charge on any atom is 0.252 e. The molecule has 0 fully saturated rings. The molecule has 0 atom stereocenters. The summed E-state index contributed by atoms with van der Waals surface area (Å²) in [6, 6.07) is 13.6. The minimum atomic E-state index is -3.51. The van der Waals surface area contributed by atoms with Crippen LogP contribution < -0.4 is 0 Å². The molecular formula is C20H20N2O3S2. The summed E-state index contributed by atoms with van der Waals surface area (Å²) in [4.78, 5) is 0. The van der Waals surface area contributed by atoms with Crippen molar-refractivity contribution in [3.05, 3.63) is 65.2 Å². The summed E-state index contributed by atoms with van der Waals surface area (Å²) in [6.07, 6.45) is 3.50. The highest BCUT2D eigenvalue weighted by atomic mass is 32.2. The third-order valence-electron chi connectivity index (χ3n) is 4.69. The van der Waals surface area contributed by atoms with Gasteiger partial charge in [0.2, 0.25) is 0 Å². The van der Waals surface area contributed by atoms with Gasteiger partial charge in [-0.05, 0) is 30.0 Å². The van der Waals surface area contributed by atoms with E-state index in [2.05, 4.69) is 17.3 Å². The zero-order chi connectivity index (χ0) is 18.9. The Morgan fingerprint density at radius 3 is 2.67 bits per heavy atom. The molecular weight excluding hydrogens is 380 g/mol. The van der Waals surface area contributed by atoms with Gasteiger partial charge in [0.05, 0.1) is 5.69 Å². The monoisotopic (exact) mass is 400 g/mol. The van der Waals surface area contributed by atoms with E-state index in [9.17, 15) is 8.42 Å². The average Bonchev–Trinajstić information content (AvgIpc) is 3.38. The second kappa shape index (κ2) is 7.42. The van der Waals surface area contributed by atoms with Gasteiger partial charge < -0.3 is 4.52 Å². The first-order chi connectivity index (χ1) is 13.1. The Hall–Kier alpha value is -2.22. The maximum absolute atomic E-state index is 13.0.